The molecule has 0 aliphatic carbocycles. The molecule has 5 rings (SSSR count). The van der Waals surface area contributed by atoms with Crippen LogP contribution in [0, 0.1) is 0 Å². The van der Waals surface area contributed by atoms with Gasteiger partial charge in [-0.05, 0) is 109 Å². The number of nitrogens with one attached hydrogen (secondary N) is 4. The van der Waals surface area contributed by atoms with Crippen LogP contribution < -0.4 is 30.7 Å². The molecule has 0 spiro atoms. The molecule has 0 aromatic heterocycles. The summed E-state index contributed by atoms with van der Waals surface area (Å²) in [5, 5.41) is 26.8. The number of methoxy groups -OCH3 is 2. The van der Waals surface area contributed by atoms with Crippen molar-refractivity contribution >= 4 is 127 Å². The Morgan fingerprint density at radius 1 is 0.530 bits per heavy atom. The molecule has 0 aliphatic heterocycles. The lowest BCUT2D eigenvalue weighted by Gasteiger charge is -2.15. The van der Waals surface area contributed by atoms with Gasteiger partial charge in [0.2, 0.25) is 12.1 Å². The number of anilines is 4. The Bertz CT molecular complexity index is 2750. The number of carbonyl (C=O) groups is 6. The Labute approximate surface area is 403 Å². The van der Waals surface area contributed by atoms with Crippen LogP contribution in [0.15, 0.2) is 111 Å². The Balaban J connectivity index is 1.27. The van der Waals surface area contributed by atoms with Gasteiger partial charge in [0.15, 0.2) is 11.6 Å². The van der Waals surface area contributed by atoms with Crippen molar-refractivity contribution in [3.63, 3.8) is 0 Å². The topological polar surface area (TPSA) is 218 Å². The number of Topliss-reactive ketones (excluding diaryl/α,β-unsaturated/α-hetero) is 2. The summed E-state index contributed by atoms with van der Waals surface area (Å²) in [6, 6.07) is 19.6. The van der Waals surface area contributed by atoms with Crippen LogP contribution in [-0.4, -0.2) is 61.5 Å². The number of halogens is 5. The molecular formula is C45H39Cl5N8O8. The average molecular weight is 997 g/mol. The van der Waals surface area contributed by atoms with E-state index in [1.54, 1.807) is 36.4 Å². The second-order valence-electron chi connectivity index (χ2n) is 14.0. The van der Waals surface area contributed by atoms with Gasteiger partial charge in [-0.3, -0.25) is 28.8 Å². The maximum absolute atomic E-state index is 13.4. The molecule has 0 heterocycles. The zero-order chi connectivity index (χ0) is 48.1. The van der Waals surface area contributed by atoms with E-state index in [2.05, 4.69) is 41.7 Å². The number of benzene rings is 5. The lowest BCUT2D eigenvalue weighted by Crippen LogP contribution is -2.32. The third-order valence-corrected chi connectivity index (χ3v) is 10.9. The Morgan fingerprint density at radius 2 is 0.985 bits per heavy atom. The van der Waals surface area contributed by atoms with E-state index in [1.807, 2.05) is 0 Å². The Morgan fingerprint density at radius 3 is 1.39 bits per heavy atom. The number of ketones is 2. The minimum atomic E-state index is -1.65. The molecule has 5 aromatic rings. The van der Waals surface area contributed by atoms with E-state index < -0.39 is 47.3 Å². The zero-order valence-electron chi connectivity index (χ0n) is 35.4. The smallest absolute Gasteiger partial charge is 0.258 e. The number of ether oxygens (including phenoxy) is 2. The number of amides is 4. The van der Waals surface area contributed by atoms with Gasteiger partial charge in [0.05, 0.1) is 35.6 Å². The fourth-order valence-corrected chi connectivity index (χ4v) is 6.78. The highest BCUT2D eigenvalue weighted by molar-refractivity contribution is 6.33. The summed E-state index contributed by atoms with van der Waals surface area (Å²) in [4.78, 5) is 78.5. The van der Waals surface area contributed by atoms with Crippen molar-refractivity contribution in [3.8, 4) is 11.5 Å². The summed E-state index contributed by atoms with van der Waals surface area (Å²) < 4.78 is 10.7. The van der Waals surface area contributed by atoms with Crippen LogP contribution in [0.25, 0.3) is 0 Å². The molecule has 0 bridgehead atoms. The number of azo groups is 2. The minimum Gasteiger partial charge on any atom is -0.495 e. The number of hydrogen-bond acceptors (Lipinski definition) is 12. The molecule has 2 unspecified atom stereocenters. The first-order valence-electron chi connectivity index (χ1n) is 19.4. The Kier molecular flexibility index (Phi) is 18.1. The van der Waals surface area contributed by atoms with Gasteiger partial charge in [-0.2, -0.15) is 20.5 Å². The monoisotopic (exact) mass is 994 g/mol. The molecular weight excluding hydrogens is 958 g/mol. The summed E-state index contributed by atoms with van der Waals surface area (Å²) in [6.07, 6.45) is 0. The number of rotatable bonds is 19. The fourth-order valence-electron chi connectivity index (χ4n) is 5.91. The largest absolute Gasteiger partial charge is 0.495 e. The van der Waals surface area contributed by atoms with Crippen molar-refractivity contribution < 1.29 is 38.2 Å². The van der Waals surface area contributed by atoms with Crippen LogP contribution in [-0.2, 0) is 36.8 Å². The van der Waals surface area contributed by atoms with Gasteiger partial charge in [0.25, 0.3) is 23.6 Å². The highest BCUT2D eigenvalue weighted by Gasteiger charge is 2.26. The van der Waals surface area contributed by atoms with Gasteiger partial charge in [-0.25, -0.2) is 0 Å². The van der Waals surface area contributed by atoms with Crippen molar-refractivity contribution in [1.29, 1.82) is 0 Å². The first-order valence-corrected chi connectivity index (χ1v) is 21.8. The predicted octanol–water partition coefficient (Wildman–Crippen LogP) is 11.1. The molecule has 66 heavy (non-hydrogen) atoms. The molecule has 21 heteroatoms. The van der Waals surface area contributed by atoms with Crippen LogP contribution in [0.4, 0.5) is 34.1 Å². The second-order valence-corrected chi connectivity index (χ2v) is 15.6. The maximum atomic E-state index is 13.4. The first-order chi connectivity index (χ1) is 31.6. The van der Waals surface area contributed by atoms with E-state index in [4.69, 9.17) is 67.5 Å². The first kappa shape index (κ1) is 50.6. The molecule has 0 aliphatic rings. The van der Waals surface area contributed by atoms with Crippen LogP contribution >= 0.6 is 58.0 Å². The third kappa shape index (κ3) is 13.1. The highest BCUT2D eigenvalue weighted by atomic mass is 35.5. The standard InChI is InChI=1S/C45H39Cl5N8O8/c1-23(59)40(57-55-34-18-27(7-10-31(34)49)42(61)53-36-15-25(20-46)5-13-38(36)65-3)44(63)51-30-9-12-33(29(17-30)22-48)52-45(64)41(24(2)60)58-56-35-19-28(8-11-32(35)50)43(62)54-37-16-26(21-47)6-14-39(37)66-4/h5-19,40-41H,20-22H2,1-4H3,(H,51,63)(H,52,64)(H,53,61)(H,54,62). The molecule has 4 N–H and O–H groups in total. The molecule has 0 radical (unpaired) electrons. The second kappa shape index (κ2) is 23.7. The number of hydrogen-bond donors (Lipinski definition) is 4. The molecule has 0 saturated heterocycles. The molecule has 342 valence electrons. The van der Waals surface area contributed by atoms with Gasteiger partial charge in [0.1, 0.15) is 22.9 Å². The van der Waals surface area contributed by atoms with E-state index in [0.717, 1.165) is 25.0 Å². The highest BCUT2D eigenvalue weighted by Crippen LogP contribution is 2.32. The van der Waals surface area contributed by atoms with Gasteiger partial charge in [0, 0.05) is 40.1 Å². The lowest BCUT2D eigenvalue weighted by molar-refractivity contribution is -0.127. The van der Waals surface area contributed by atoms with Crippen LogP contribution in [0.1, 0.15) is 51.3 Å². The van der Waals surface area contributed by atoms with Gasteiger partial charge in [-0.15, -0.1) is 34.8 Å². The molecule has 0 fully saturated rings. The SMILES string of the molecule is COc1ccc(CCl)cc1NC(=O)c1ccc(Cl)c(N=NC(C(C)=O)C(=O)Nc2ccc(NC(=O)C(N=Nc3cc(C(=O)Nc4cc(CCl)ccc4OC)ccc3Cl)C(C)=O)c(CCl)c2)c1. The lowest BCUT2D eigenvalue weighted by atomic mass is 10.1. The third-order valence-electron chi connectivity index (χ3n) is 9.35. The maximum Gasteiger partial charge on any atom is 0.258 e. The van der Waals surface area contributed by atoms with Crippen molar-refractivity contribution in [1.82, 2.24) is 0 Å². The Hall–Kier alpha value is -6.43. The quantitative estimate of drug-likeness (QED) is 0.0353. The van der Waals surface area contributed by atoms with E-state index >= 15 is 0 Å². The minimum absolute atomic E-state index is 0.000723. The zero-order valence-corrected chi connectivity index (χ0v) is 39.2. The summed E-state index contributed by atoms with van der Waals surface area (Å²) in [7, 11) is 2.91. The van der Waals surface area contributed by atoms with Gasteiger partial charge >= 0.3 is 0 Å². The average Bonchev–Trinajstić information content (AvgIpc) is 3.30. The van der Waals surface area contributed by atoms with Crippen LogP contribution in [0.2, 0.25) is 10.0 Å². The number of alkyl halides is 3. The van der Waals surface area contributed by atoms with Crippen LogP contribution in [0.5, 0.6) is 11.5 Å². The summed E-state index contributed by atoms with van der Waals surface area (Å²) in [6.45, 7) is 2.29. The van der Waals surface area contributed by atoms with Crippen molar-refractivity contribution in [2.75, 3.05) is 35.5 Å². The predicted molar refractivity (Wildman–Crippen MR) is 255 cm³/mol. The van der Waals surface area contributed by atoms with Crippen molar-refractivity contribution in [3.05, 3.63) is 129 Å². The molecule has 16 nitrogen and oxygen atoms in total. The summed E-state index contributed by atoms with van der Waals surface area (Å²) in [5.41, 5.74) is 3.18. The van der Waals surface area contributed by atoms with E-state index in [9.17, 15) is 28.8 Å². The van der Waals surface area contributed by atoms with Crippen molar-refractivity contribution in [2.45, 2.75) is 43.6 Å². The van der Waals surface area contributed by atoms with Crippen molar-refractivity contribution in [2.24, 2.45) is 20.5 Å². The molecule has 5 aromatic carbocycles. The van der Waals surface area contributed by atoms with E-state index in [0.29, 0.717) is 28.4 Å². The van der Waals surface area contributed by atoms with E-state index in [1.165, 1.54) is 68.8 Å². The summed E-state index contributed by atoms with van der Waals surface area (Å²) >= 11 is 30.8. The number of nitrogens with zero attached hydrogens (tertiary/aromatic N) is 4. The number of carbonyl (C=O) groups excluding carboxylic acids is 6. The fraction of sp³-hybridized carbons (Fsp3) is 0.200. The van der Waals surface area contributed by atoms with Crippen LogP contribution in [0.3, 0.4) is 0 Å². The van der Waals surface area contributed by atoms with E-state index in [-0.39, 0.29) is 61.6 Å². The molecule has 2 atom stereocenters. The molecule has 0 saturated carbocycles. The normalized spacial score (nSPS) is 12.0. The molecule has 4 amide bonds. The summed E-state index contributed by atoms with van der Waals surface area (Å²) in [5.74, 6) is -3.07. The van der Waals surface area contributed by atoms with Gasteiger partial charge in [-0.1, -0.05) is 35.3 Å². The van der Waals surface area contributed by atoms with Gasteiger partial charge < -0.3 is 30.7 Å².